The third-order valence-electron chi connectivity index (χ3n) is 6.30. The van der Waals surface area contributed by atoms with Gasteiger partial charge >= 0.3 is 0 Å². The van der Waals surface area contributed by atoms with E-state index in [4.69, 9.17) is 10.3 Å². The number of hydrogen-bond acceptors (Lipinski definition) is 6. The first kappa shape index (κ1) is 20.7. The smallest absolute Gasteiger partial charge is 0.240 e. The molecule has 2 fully saturated rings. The number of carbonyl (C=O) groups excluding carboxylic acids is 2. The normalized spacial score (nSPS) is 20.2. The van der Waals surface area contributed by atoms with Crippen LogP contribution in [0, 0.1) is 0 Å². The van der Waals surface area contributed by atoms with Crippen molar-refractivity contribution in [2.45, 2.75) is 44.6 Å². The molecule has 1 atom stereocenters. The molecule has 0 bridgehead atoms. The molecule has 4 rings (SSSR count). The lowest BCUT2D eigenvalue weighted by molar-refractivity contribution is -0.137. The average Bonchev–Trinajstić information content (AvgIpc) is 3.41. The predicted octanol–water partition coefficient (Wildman–Crippen LogP) is 1.99. The van der Waals surface area contributed by atoms with Gasteiger partial charge in [0.25, 0.3) is 0 Å². The van der Waals surface area contributed by atoms with Crippen molar-refractivity contribution in [3.05, 3.63) is 24.3 Å². The number of primary amides is 1. The van der Waals surface area contributed by atoms with Gasteiger partial charge in [-0.15, -0.1) is 0 Å². The molecule has 0 saturated carbocycles. The number of benzene rings is 1. The van der Waals surface area contributed by atoms with Crippen LogP contribution in [0.5, 0.6) is 0 Å². The largest absolute Gasteiger partial charge is 0.368 e. The molecule has 1 aromatic heterocycles. The maximum atomic E-state index is 12.4. The Balaban J connectivity index is 1.14. The van der Waals surface area contributed by atoms with Crippen molar-refractivity contribution < 1.29 is 14.1 Å². The number of carbonyl (C=O) groups is 2. The van der Waals surface area contributed by atoms with E-state index in [9.17, 15) is 9.59 Å². The van der Waals surface area contributed by atoms with E-state index in [-0.39, 0.29) is 11.8 Å². The quantitative estimate of drug-likeness (QED) is 0.665. The van der Waals surface area contributed by atoms with Crippen molar-refractivity contribution in [2.75, 3.05) is 44.2 Å². The van der Waals surface area contributed by atoms with Crippen molar-refractivity contribution in [2.24, 2.45) is 5.73 Å². The molecule has 1 aromatic carbocycles. The summed E-state index contributed by atoms with van der Waals surface area (Å²) in [5.74, 6) is 0.642. The van der Waals surface area contributed by atoms with E-state index in [1.165, 1.54) is 0 Å². The molecule has 3 heterocycles. The predicted molar refractivity (Wildman–Crippen MR) is 115 cm³/mol. The van der Waals surface area contributed by atoms with Gasteiger partial charge in [-0.25, -0.2) is 0 Å². The summed E-state index contributed by atoms with van der Waals surface area (Å²) in [6.45, 7) is 5.62. The number of hydrogen-bond donors (Lipinski definition) is 1. The number of para-hydroxylation sites is 1. The van der Waals surface area contributed by atoms with Gasteiger partial charge in [-0.1, -0.05) is 23.7 Å². The van der Waals surface area contributed by atoms with Crippen LogP contribution in [0.2, 0.25) is 0 Å². The average molecular weight is 414 g/mol. The third kappa shape index (κ3) is 4.59. The maximum Gasteiger partial charge on any atom is 0.240 e. The Kier molecular flexibility index (Phi) is 6.52. The molecule has 0 aliphatic carbocycles. The van der Waals surface area contributed by atoms with Crippen LogP contribution >= 0.6 is 0 Å². The molecule has 2 aliphatic rings. The highest BCUT2D eigenvalue weighted by Gasteiger charge is 2.32. The fourth-order valence-electron chi connectivity index (χ4n) is 4.58. The van der Waals surface area contributed by atoms with Crippen molar-refractivity contribution in [3.8, 4) is 0 Å². The first-order valence-electron chi connectivity index (χ1n) is 11.0. The van der Waals surface area contributed by atoms with E-state index in [1.807, 2.05) is 18.2 Å². The van der Waals surface area contributed by atoms with E-state index < -0.39 is 6.04 Å². The summed E-state index contributed by atoms with van der Waals surface area (Å²) in [7, 11) is 0. The number of anilines is 1. The van der Waals surface area contributed by atoms with E-state index in [2.05, 4.69) is 21.0 Å². The van der Waals surface area contributed by atoms with Crippen LogP contribution in [-0.4, -0.2) is 72.1 Å². The molecule has 8 nitrogen and oxygen atoms in total. The van der Waals surface area contributed by atoms with Crippen molar-refractivity contribution in [3.63, 3.8) is 0 Å². The molecule has 162 valence electrons. The Bertz CT molecular complexity index is 875. The minimum atomic E-state index is -0.393. The van der Waals surface area contributed by atoms with Gasteiger partial charge < -0.3 is 20.1 Å². The van der Waals surface area contributed by atoms with Gasteiger partial charge in [0.15, 0.2) is 11.4 Å². The van der Waals surface area contributed by atoms with Crippen molar-refractivity contribution >= 4 is 28.6 Å². The minimum Gasteiger partial charge on any atom is -0.368 e. The molecule has 30 heavy (non-hydrogen) atoms. The number of nitrogens with zero attached hydrogens (tertiary/aromatic N) is 4. The maximum absolute atomic E-state index is 12.4. The van der Waals surface area contributed by atoms with E-state index >= 15 is 0 Å². The van der Waals surface area contributed by atoms with Gasteiger partial charge in [-0.2, -0.15) is 0 Å². The molecule has 2 saturated heterocycles. The molecule has 0 spiro atoms. The lowest BCUT2D eigenvalue weighted by atomic mass is 10.1. The zero-order chi connectivity index (χ0) is 20.9. The van der Waals surface area contributed by atoms with E-state index in [0.29, 0.717) is 19.4 Å². The highest BCUT2D eigenvalue weighted by atomic mass is 16.5. The highest BCUT2D eigenvalue weighted by molar-refractivity contribution is 5.88. The number of fused-ring (bicyclic) bond motifs is 1. The van der Waals surface area contributed by atoms with Gasteiger partial charge in [0, 0.05) is 39.1 Å². The summed E-state index contributed by atoms with van der Waals surface area (Å²) in [6, 6.07) is 7.59. The molecule has 2 aliphatic heterocycles. The summed E-state index contributed by atoms with van der Waals surface area (Å²) in [6.07, 6.45) is 5.06. The van der Waals surface area contributed by atoms with Crippen LogP contribution in [0.15, 0.2) is 28.8 Å². The lowest BCUT2D eigenvalue weighted by Crippen LogP contribution is -2.46. The molecular formula is C22H31N5O3. The first-order valence-corrected chi connectivity index (χ1v) is 11.0. The Labute approximate surface area is 176 Å². The van der Waals surface area contributed by atoms with Gasteiger partial charge in [0.1, 0.15) is 6.04 Å². The monoisotopic (exact) mass is 413 g/mol. The summed E-state index contributed by atoms with van der Waals surface area (Å²) in [5, 5.41) is 5.34. The zero-order valence-electron chi connectivity index (χ0n) is 17.5. The van der Waals surface area contributed by atoms with Crippen LogP contribution in [0.4, 0.5) is 5.82 Å². The van der Waals surface area contributed by atoms with Crippen LogP contribution in [-0.2, 0) is 9.59 Å². The molecule has 0 radical (unpaired) electrons. The molecule has 0 unspecified atom stereocenters. The van der Waals surface area contributed by atoms with Crippen LogP contribution in [0.1, 0.15) is 38.5 Å². The highest BCUT2D eigenvalue weighted by Crippen LogP contribution is 2.26. The first-order chi connectivity index (χ1) is 14.6. The molecule has 8 heteroatoms. The second-order valence-electron chi connectivity index (χ2n) is 8.29. The fraction of sp³-hybridized carbons (Fsp3) is 0.591. The number of nitrogens with two attached hydrogens (primary N) is 1. The van der Waals surface area contributed by atoms with Crippen molar-refractivity contribution in [1.29, 1.82) is 0 Å². The summed E-state index contributed by atoms with van der Waals surface area (Å²) in [5.41, 5.74) is 6.24. The number of aromatic nitrogens is 1. The standard InChI is InChI=1S/C22H31N5O3/c23-21(29)18-8-6-12-27(18)20(28)10-2-1-5-11-25-13-15-26(16-14-25)22-17-7-3-4-9-19(17)30-24-22/h3-4,7,9,18H,1-2,5-6,8,10-16H2,(H2,23,29)/t18-/m0/s1. The van der Waals surface area contributed by atoms with Crippen LogP contribution in [0.25, 0.3) is 11.0 Å². The summed E-state index contributed by atoms with van der Waals surface area (Å²) >= 11 is 0. The number of amides is 2. The van der Waals surface area contributed by atoms with E-state index in [0.717, 1.165) is 75.2 Å². The SMILES string of the molecule is NC(=O)[C@@H]1CCCN1C(=O)CCCCCN1CCN(c2noc3ccccc23)CC1. The second-order valence-corrected chi connectivity index (χ2v) is 8.29. The molecular weight excluding hydrogens is 382 g/mol. The zero-order valence-corrected chi connectivity index (χ0v) is 17.5. The summed E-state index contributed by atoms with van der Waals surface area (Å²) < 4.78 is 5.43. The van der Waals surface area contributed by atoms with Gasteiger partial charge in [0.2, 0.25) is 11.8 Å². The molecule has 2 amide bonds. The second kappa shape index (κ2) is 9.47. The van der Waals surface area contributed by atoms with Gasteiger partial charge in [-0.05, 0) is 44.4 Å². The number of unbranched alkanes of at least 4 members (excludes halogenated alkanes) is 2. The topological polar surface area (TPSA) is 95.9 Å². The Hall–Kier alpha value is -2.61. The Morgan fingerprint density at radius 3 is 2.67 bits per heavy atom. The number of likely N-dealkylation sites (tertiary alicyclic amines) is 1. The van der Waals surface area contributed by atoms with Crippen molar-refractivity contribution in [1.82, 2.24) is 15.0 Å². The number of rotatable bonds is 8. The number of piperazine rings is 1. The van der Waals surface area contributed by atoms with Gasteiger partial charge in [0.05, 0.1) is 5.39 Å². The van der Waals surface area contributed by atoms with Crippen LogP contribution in [0.3, 0.4) is 0 Å². The van der Waals surface area contributed by atoms with E-state index in [1.54, 1.807) is 4.90 Å². The van der Waals surface area contributed by atoms with Gasteiger partial charge in [-0.3, -0.25) is 14.5 Å². The fourth-order valence-corrected chi connectivity index (χ4v) is 4.58. The lowest BCUT2D eigenvalue weighted by Gasteiger charge is -2.34. The molecule has 2 N–H and O–H groups in total. The van der Waals surface area contributed by atoms with Crippen LogP contribution < -0.4 is 10.6 Å². The molecule has 2 aromatic rings. The minimum absolute atomic E-state index is 0.0738. The Morgan fingerprint density at radius 1 is 1.07 bits per heavy atom. The third-order valence-corrected chi connectivity index (χ3v) is 6.30. The summed E-state index contributed by atoms with van der Waals surface area (Å²) in [4.78, 5) is 30.2. The Morgan fingerprint density at radius 2 is 1.87 bits per heavy atom.